The Morgan fingerprint density at radius 2 is 2.00 bits per heavy atom. The number of nitrogens with one attached hydrogen (secondary N) is 1. The molecule has 0 spiro atoms. The van der Waals surface area contributed by atoms with Crippen molar-refractivity contribution in [1.29, 1.82) is 0 Å². The number of fused-ring (bicyclic) bond motifs is 5. The van der Waals surface area contributed by atoms with Crippen LogP contribution in [0.25, 0.3) is 0 Å². The van der Waals surface area contributed by atoms with Crippen molar-refractivity contribution in [1.82, 2.24) is 5.32 Å². The van der Waals surface area contributed by atoms with Crippen molar-refractivity contribution >= 4 is 11.5 Å². The van der Waals surface area contributed by atoms with Crippen LogP contribution in [0.2, 0.25) is 0 Å². The Labute approximate surface area is 175 Å². The van der Waals surface area contributed by atoms with Crippen LogP contribution >= 0.6 is 0 Å². The van der Waals surface area contributed by atoms with Crippen LogP contribution in [-0.4, -0.2) is 42.4 Å². The smallest absolute Gasteiger partial charge is 0.139 e. The molecular weight excluding hydrogens is 364 g/mol. The fourth-order valence-corrected chi connectivity index (χ4v) is 7.28. The monoisotopic (exact) mass is 402 g/mol. The zero-order chi connectivity index (χ0) is 20.9. The van der Waals surface area contributed by atoms with E-state index in [4.69, 9.17) is 4.84 Å². The van der Waals surface area contributed by atoms with Gasteiger partial charge >= 0.3 is 0 Å². The van der Waals surface area contributed by atoms with E-state index in [0.717, 1.165) is 62.8 Å². The quantitative estimate of drug-likeness (QED) is 0.416. The molecule has 2 N–H and O–H groups in total. The summed E-state index contributed by atoms with van der Waals surface area (Å²) in [6, 6.07) is 0. The zero-order valence-corrected chi connectivity index (χ0v) is 18.4. The number of hydrogen-bond donors (Lipinski definition) is 2. The maximum Gasteiger partial charge on any atom is 0.139 e. The van der Waals surface area contributed by atoms with Gasteiger partial charge in [0.05, 0.1) is 11.3 Å². The largest absolute Gasteiger partial charge is 0.396 e. The summed E-state index contributed by atoms with van der Waals surface area (Å²) < 4.78 is 0. The molecule has 4 aliphatic rings. The molecule has 0 radical (unpaired) electrons. The number of ketones is 1. The molecule has 5 nitrogen and oxygen atoms in total. The van der Waals surface area contributed by atoms with Crippen molar-refractivity contribution in [2.45, 2.75) is 77.2 Å². The molecule has 4 rings (SSSR count). The minimum absolute atomic E-state index is 0.142. The number of hydrogen-bond acceptors (Lipinski definition) is 5. The molecular formula is C24H38N2O3. The third-order valence-corrected chi connectivity index (χ3v) is 9.14. The van der Waals surface area contributed by atoms with E-state index in [1.54, 1.807) is 0 Å². The lowest BCUT2D eigenvalue weighted by Gasteiger charge is -2.63. The third kappa shape index (κ3) is 3.20. The van der Waals surface area contributed by atoms with Gasteiger partial charge in [0.25, 0.3) is 0 Å². The summed E-state index contributed by atoms with van der Waals surface area (Å²) in [7, 11) is 1.93. The normalized spacial score (nSPS) is 45.7. The van der Waals surface area contributed by atoms with E-state index in [-0.39, 0.29) is 10.8 Å². The van der Waals surface area contributed by atoms with Gasteiger partial charge in [-0.2, -0.15) is 0 Å². The minimum Gasteiger partial charge on any atom is -0.396 e. The highest BCUT2D eigenvalue weighted by atomic mass is 16.6. The predicted molar refractivity (Wildman–Crippen MR) is 115 cm³/mol. The van der Waals surface area contributed by atoms with Gasteiger partial charge in [0, 0.05) is 23.7 Å². The summed E-state index contributed by atoms with van der Waals surface area (Å²) in [6.07, 6.45) is 7.67. The lowest BCUT2D eigenvalue weighted by atomic mass is 9.43. The number of aliphatic hydroxyl groups is 1. The lowest BCUT2D eigenvalue weighted by molar-refractivity contribution is -0.170. The Hall–Kier alpha value is -1.20. The van der Waals surface area contributed by atoms with Crippen molar-refractivity contribution in [3.63, 3.8) is 0 Å². The van der Waals surface area contributed by atoms with Crippen LogP contribution in [0.1, 0.15) is 71.6 Å². The fraction of sp³-hybridized carbons (Fsp3) is 0.833. The maximum atomic E-state index is 12.6. The maximum absolute atomic E-state index is 12.6. The summed E-state index contributed by atoms with van der Waals surface area (Å²) in [5.41, 5.74) is 1.04. The highest BCUT2D eigenvalue weighted by molar-refractivity contribution is 5.87. The second-order valence-corrected chi connectivity index (χ2v) is 10.6. The van der Waals surface area contributed by atoms with Crippen LogP contribution in [0.15, 0.2) is 17.3 Å². The number of oxime groups is 1. The average molecular weight is 403 g/mol. The van der Waals surface area contributed by atoms with Crippen LogP contribution in [0.4, 0.5) is 0 Å². The van der Waals surface area contributed by atoms with Gasteiger partial charge < -0.3 is 15.3 Å². The topological polar surface area (TPSA) is 70.9 Å². The van der Waals surface area contributed by atoms with Crippen LogP contribution < -0.4 is 5.32 Å². The number of carbonyl (C=O) groups excluding carboxylic acids is 1. The molecule has 0 amide bonds. The van der Waals surface area contributed by atoms with Crippen LogP contribution in [0.5, 0.6) is 0 Å². The van der Waals surface area contributed by atoms with E-state index in [9.17, 15) is 9.90 Å². The Kier molecular flexibility index (Phi) is 5.44. The predicted octanol–water partition coefficient (Wildman–Crippen LogP) is 3.86. The van der Waals surface area contributed by atoms with Gasteiger partial charge in [-0.25, -0.2) is 0 Å². The molecule has 1 unspecified atom stereocenters. The molecule has 0 bridgehead atoms. The number of nitrogens with zero attached hydrogens (tertiary/aromatic N) is 1. The van der Waals surface area contributed by atoms with E-state index in [1.165, 1.54) is 0 Å². The van der Waals surface area contributed by atoms with Crippen LogP contribution in [-0.2, 0) is 9.63 Å². The van der Waals surface area contributed by atoms with Crippen LogP contribution in [0.3, 0.4) is 0 Å². The SMILES string of the molecule is C=C1CC2(O)CC(=NOCCCNC)CC[C@]2(C)[C@@H]2CC[C@]3(C)C(=O)CC[C@H]3[C@H]12. The van der Waals surface area contributed by atoms with E-state index in [2.05, 4.69) is 30.9 Å². The molecule has 0 aromatic rings. The molecule has 6 atom stereocenters. The van der Waals surface area contributed by atoms with E-state index < -0.39 is 5.60 Å². The standard InChI is InChI=1S/C24H38N2O3/c1-16-14-24(28)15-17(26-29-13-5-12-25-4)8-11-23(24,3)19-9-10-22(2)18(21(16)19)6-7-20(22)27/h18-19,21,25,28H,1,5-15H2,2-4H3/t18-,19+,21-,22-,23+,24?/m0/s1. The van der Waals surface area contributed by atoms with Crippen molar-refractivity contribution in [3.8, 4) is 0 Å². The molecule has 4 aliphatic carbocycles. The highest BCUT2D eigenvalue weighted by Gasteiger charge is 2.65. The molecule has 0 heterocycles. The molecule has 0 aromatic carbocycles. The lowest BCUT2D eigenvalue weighted by Crippen LogP contribution is -2.63. The molecule has 4 fully saturated rings. The number of carbonyl (C=O) groups is 1. The summed E-state index contributed by atoms with van der Waals surface area (Å²) in [5, 5.41) is 19.3. The fourth-order valence-electron chi connectivity index (χ4n) is 7.28. The second-order valence-electron chi connectivity index (χ2n) is 10.6. The van der Waals surface area contributed by atoms with E-state index >= 15 is 0 Å². The van der Waals surface area contributed by atoms with Crippen molar-refractivity contribution in [2.75, 3.05) is 20.2 Å². The molecule has 5 heteroatoms. The molecule has 4 saturated carbocycles. The first kappa shape index (κ1) is 21.0. The highest BCUT2D eigenvalue weighted by Crippen LogP contribution is 2.67. The molecule has 0 aromatic heterocycles. The summed E-state index contributed by atoms with van der Waals surface area (Å²) in [5.74, 6) is 1.65. The molecule has 29 heavy (non-hydrogen) atoms. The van der Waals surface area contributed by atoms with Crippen molar-refractivity contribution < 1.29 is 14.7 Å². The first-order valence-electron chi connectivity index (χ1n) is 11.5. The van der Waals surface area contributed by atoms with Gasteiger partial charge in [-0.3, -0.25) is 4.79 Å². The number of rotatable bonds is 5. The molecule has 0 saturated heterocycles. The Morgan fingerprint density at radius 1 is 1.21 bits per heavy atom. The summed E-state index contributed by atoms with van der Waals surface area (Å²) in [6.45, 7) is 10.5. The Bertz CT molecular complexity index is 719. The van der Waals surface area contributed by atoms with E-state index in [1.807, 2.05) is 7.05 Å². The Morgan fingerprint density at radius 3 is 2.76 bits per heavy atom. The zero-order valence-electron chi connectivity index (χ0n) is 18.4. The van der Waals surface area contributed by atoms with Crippen molar-refractivity contribution in [3.05, 3.63) is 12.2 Å². The van der Waals surface area contributed by atoms with Gasteiger partial charge in [-0.1, -0.05) is 31.2 Å². The van der Waals surface area contributed by atoms with Gasteiger partial charge in [0.15, 0.2) is 0 Å². The Balaban J connectivity index is 1.53. The van der Waals surface area contributed by atoms with Gasteiger partial charge in [-0.15, -0.1) is 0 Å². The van der Waals surface area contributed by atoms with E-state index in [0.29, 0.717) is 43.0 Å². The summed E-state index contributed by atoms with van der Waals surface area (Å²) >= 11 is 0. The minimum atomic E-state index is -0.799. The third-order valence-electron chi connectivity index (χ3n) is 9.14. The number of Topliss-reactive ketones (excluding diaryl/α,β-unsaturated/α-hetero) is 1. The first-order valence-corrected chi connectivity index (χ1v) is 11.5. The average Bonchev–Trinajstić information content (AvgIpc) is 2.98. The molecule has 162 valence electrons. The molecule has 0 aliphatic heterocycles. The van der Waals surface area contributed by atoms with Gasteiger partial charge in [0.2, 0.25) is 0 Å². The van der Waals surface area contributed by atoms with Gasteiger partial charge in [-0.05, 0) is 76.3 Å². The van der Waals surface area contributed by atoms with Gasteiger partial charge in [0.1, 0.15) is 12.4 Å². The first-order chi connectivity index (χ1) is 13.7. The summed E-state index contributed by atoms with van der Waals surface area (Å²) in [4.78, 5) is 18.2. The van der Waals surface area contributed by atoms with Crippen LogP contribution in [0, 0.1) is 28.6 Å². The van der Waals surface area contributed by atoms with Crippen molar-refractivity contribution in [2.24, 2.45) is 33.7 Å². The second kappa shape index (κ2) is 7.49.